The molecule has 0 saturated carbocycles. The summed E-state index contributed by atoms with van der Waals surface area (Å²) in [5.41, 5.74) is 5.44. The maximum Gasteiger partial charge on any atom is 0.209 e. The molecule has 168 valence electrons. The van der Waals surface area contributed by atoms with Crippen LogP contribution in [0.1, 0.15) is 11.3 Å². The van der Waals surface area contributed by atoms with Crippen molar-refractivity contribution in [1.29, 1.82) is 0 Å². The van der Waals surface area contributed by atoms with E-state index in [1.54, 1.807) is 36.3 Å². The summed E-state index contributed by atoms with van der Waals surface area (Å²) in [4.78, 5) is 9.05. The normalized spacial score (nSPS) is 12.0. The molecule has 11 heteroatoms. The zero-order valence-electron chi connectivity index (χ0n) is 18.2. The van der Waals surface area contributed by atoms with Gasteiger partial charge < -0.3 is 4.74 Å². The molecule has 0 unspecified atom stereocenters. The van der Waals surface area contributed by atoms with Gasteiger partial charge in [0.15, 0.2) is 5.65 Å². The van der Waals surface area contributed by atoms with Crippen LogP contribution in [0, 0.1) is 6.92 Å². The Morgan fingerprint density at radius 1 is 1.15 bits per heavy atom. The van der Waals surface area contributed by atoms with Crippen molar-refractivity contribution in [3.63, 3.8) is 0 Å². The predicted octanol–water partition coefficient (Wildman–Crippen LogP) is 2.50. The number of methoxy groups -OCH3 is 1. The van der Waals surface area contributed by atoms with E-state index >= 15 is 0 Å². The van der Waals surface area contributed by atoms with Crippen molar-refractivity contribution in [1.82, 2.24) is 34.1 Å². The minimum absolute atomic E-state index is 0.171. The molecule has 10 nitrogen and oxygen atoms in total. The lowest BCUT2D eigenvalue weighted by molar-refractivity contribution is 0.411. The van der Waals surface area contributed by atoms with Gasteiger partial charge in [0.1, 0.15) is 11.4 Å². The number of benzene rings is 1. The number of ether oxygens (including phenoxy) is 1. The Labute approximate surface area is 189 Å². The third-order valence-corrected chi connectivity index (χ3v) is 5.98. The molecule has 1 aromatic carbocycles. The Morgan fingerprint density at radius 3 is 2.79 bits per heavy atom. The maximum absolute atomic E-state index is 11.4. The SMILES string of the molecule is COc1cc(CNS(C)(=O)=O)ccc1-n1nc(C)c2cnc(-c3cnn4cccnc34)cc21. The minimum Gasteiger partial charge on any atom is -0.494 e. The fraction of sp³-hybridized carbons (Fsp3) is 0.182. The highest BCUT2D eigenvalue weighted by molar-refractivity contribution is 7.88. The van der Waals surface area contributed by atoms with E-state index in [0.717, 1.165) is 45.4 Å². The van der Waals surface area contributed by atoms with Crippen molar-refractivity contribution in [3.05, 3.63) is 66.4 Å². The summed E-state index contributed by atoms with van der Waals surface area (Å²) >= 11 is 0. The van der Waals surface area contributed by atoms with Crippen molar-refractivity contribution in [3.8, 4) is 22.7 Å². The van der Waals surface area contributed by atoms with Gasteiger partial charge in [-0.2, -0.15) is 10.2 Å². The summed E-state index contributed by atoms with van der Waals surface area (Å²) in [5, 5.41) is 9.98. The Balaban J connectivity index is 1.62. The van der Waals surface area contributed by atoms with Crippen LogP contribution in [0.25, 0.3) is 33.5 Å². The fourth-order valence-corrected chi connectivity index (χ4v) is 4.15. The van der Waals surface area contributed by atoms with Crippen molar-refractivity contribution >= 4 is 26.6 Å². The topological polar surface area (TPSA) is 116 Å². The molecule has 33 heavy (non-hydrogen) atoms. The molecule has 4 heterocycles. The molecule has 0 fully saturated rings. The minimum atomic E-state index is -3.30. The number of nitrogens with zero attached hydrogens (tertiary/aromatic N) is 6. The number of hydrogen-bond donors (Lipinski definition) is 1. The molecule has 0 aliphatic rings. The average molecular weight is 464 g/mol. The number of aryl methyl sites for hydroxylation is 1. The van der Waals surface area contributed by atoms with E-state index in [2.05, 4.69) is 19.8 Å². The van der Waals surface area contributed by atoms with E-state index in [9.17, 15) is 8.42 Å². The third-order valence-electron chi connectivity index (χ3n) is 5.32. The Bertz CT molecular complexity index is 1610. The molecule has 5 rings (SSSR count). The maximum atomic E-state index is 11.4. The van der Waals surface area contributed by atoms with E-state index in [0.29, 0.717) is 11.4 Å². The molecule has 1 N–H and O–H groups in total. The lowest BCUT2D eigenvalue weighted by Crippen LogP contribution is -2.21. The van der Waals surface area contributed by atoms with Gasteiger partial charge in [-0.1, -0.05) is 6.07 Å². The van der Waals surface area contributed by atoms with Crippen LogP contribution < -0.4 is 9.46 Å². The number of fused-ring (bicyclic) bond motifs is 2. The summed E-state index contributed by atoms with van der Waals surface area (Å²) < 4.78 is 34.5. The van der Waals surface area contributed by atoms with Crippen LogP contribution in [0.5, 0.6) is 5.75 Å². The van der Waals surface area contributed by atoms with Crippen LogP contribution >= 0.6 is 0 Å². The number of sulfonamides is 1. The zero-order valence-corrected chi connectivity index (χ0v) is 19.0. The van der Waals surface area contributed by atoms with Gasteiger partial charge in [0.2, 0.25) is 10.0 Å². The molecule has 0 aliphatic heterocycles. The third kappa shape index (κ3) is 3.92. The summed E-state index contributed by atoms with van der Waals surface area (Å²) in [5.74, 6) is 0.572. The summed E-state index contributed by atoms with van der Waals surface area (Å²) in [6, 6.07) is 9.28. The molecule has 0 spiro atoms. The molecule has 0 saturated heterocycles. The summed E-state index contributed by atoms with van der Waals surface area (Å²) in [6.45, 7) is 2.10. The zero-order chi connectivity index (χ0) is 23.2. The van der Waals surface area contributed by atoms with Gasteiger partial charge in [0.25, 0.3) is 0 Å². The molecule has 0 radical (unpaired) electrons. The van der Waals surface area contributed by atoms with Gasteiger partial charge in [0.05, 0.1) is 42.0 Å². The molecular formula is C22H21N7O3S. The van der Waals surface area contributed by atoms with E-state index in [4.69, 9.17) is 9.84 Å². The summed E-state index contributed by atoms with van der Waals surface area (Å²) in [7, 11) is -1.73. The highest BCUT2D eigenvalue weighted by atomic mass is 32.2. The Morgan fingerprint density at radius 2 is 2.00 bits per heavy atom. The second-order valence-electron chi connectivity index (χ2n) is 7.63. The van der Waals surface area contributed by atoms with Crippen LogP contribution in [-0.4, -0.2) is 51.1 Å². The average Bonchev–Trinajstić information content (AvgIpc) is 3.38. The quantitative estimate of drug-likeness (QED) is 0.411. The second kappa shape index (κ2) is 7.94. The van der Waals surface area contributed by atoms with Crippen molar-refractivity contribution in [2.45, 2.75) is 13.5 Å². The van der Waals surface area contributed by atoms with Gasteiger partial charge in [-0.25, -0.2) is 27.3 Å². The van der Waals surface area contributed by atoms with Gasteiger partial charge in [-0.15, -0.1) is 0 Å². The van der Waals surface area contributed by atoms with Gasteiger partial charge in [0, 0.05) is 30.5 Å². The molecular weight excluding hydrogens is 442 g/mol. The predicted molar refractivity (Wildman–Crippen MR) is 124 cm³/mol. The number of rotatable bonds is 6. The number of aromatic nitrogens is 6. The standard InChI is InChI=1S/C22H21N7O3S/c1-14-16-12-24-18(17-13-25-28-8-4-7-23-22(17)28)10-20(16)29(27-14)19-6-5-15(9-21(19)32-2)11-26-33(3,30)31/h4-10,12-13,26H,11H2,1-3H3. The molecule has 0 amide bonds. The van der Waals surface area contributed by atoms with E-state index in [1.165, 1.54) is 0 Å². The van der Waals surface area contributed by atoms with Crippen LogP contribution in [0.3, 0.4) is 0 Å². The van der Waals surface area contributed by atoms with Crippen LogP contribution in [0.15, 0.2) is 55.1 Å². The summed E-state index contributed by atoms with van der Waals surface area (Å²) in [6.07, 6.45) is 8.23. The van der Waals surface area contributed by atoms with Crippen LogP contribution in [-0.2, 0) is 16.6 Å². The number of nitrogens with one attached hydrogen (secondary N) is 1. The first-order chi connectivity index (χ1) is 15.8. The molecule has 0 atom stereocenters. The molecule has 5 aromatic rings. The number of pyridine rings is 1. The lowest BCUT2D eigenvalue weighted by atomic mass is 10.1. The Kier molecular flexibility index (Phi) is 5.06. The van der Waals surface area contributed by atoms with Crippen LogP contribution in [0.4, 0.5) is 0 Å². The first kappa shape index (κ1) is 21.0. The number of hydrogen-bond acceptors (Lipinski definition) is 7. The Hall–Kier alpha value is -3.83. The largest absolute Gasteiger partial charge is 0.494 e. The van der Waals surface area contributed by atoms with Gasteiger partial charge in [-0.3, -0.25) is 4.98 Å². The van der Waals surface area contributed by atoms with Gasteiger partial charge >= 0.3 is 0 Å². The van der Waals surface area contributed by atoms with Crippen molar-refractivity contribution < 1.29 is 13.2 Å². The first-order valence-corrected chi connectivity index (χ1v) is 12.0. The smallest absolute Gasteiger partial charge is 0.209 e. The van der Waals surface area contributed by atoms with Crippen molar-refractivity contribution in [2.24, 2.45) is 0 Å². The van der Waals surface area contributed by atoms with Gasteiger partial charge in [-0.05, 0) is 36.8 Å². The van der Waals surface area contributed by atoms with E-state index < -0.39 is 10.0 Å². The fourth-order valence-electron chi connectivity index (χ4n) is 3.72. The van der Waals surface area contributed by atoms with Crippen LogP contribution in [0.2, 0.25) is 0 Å². The highest BCUT2D eigenvalue weighted by Gasteiger charge is 2.17. The second-order valence-corrected chi connectivity index (χ2v) is 9.46. The van der Waals surface area contributed by atoms with Crippen molar-refractivity contribution in [2.75, 3.05) is 13.4 Å². The molecule has 4 aromatic heterocycles. The molecule has 0 aliphatic carbocycles. The monoisotopic (exact) mass is 463 g/mol. The highest BCUT2D eigenvalue weighted by Crippen LogP contribution is 2.31. The van der Waals surface area contributed by atoms with E-state index in [-0.39, 0.29) is 6.54 Å². The lowest BCUT2D eigenvalue weighted by Gasteiger charge is -2.12. The molecule has 0 bridgehead atoms. The first-order valence-electron chi connectivity index (χ1n) is 10.1. The van der Waals surface area contributed by atoms with E-state index in [1.807, 2.05) is 42.1 Å².